The SMILES string of the molecule is CC[C@H](C)[C@H](N)C(=O)N[C@@H](CC(C)C)C(=O)N1CCC[C@H]1C(=O)N[C@@H](CCCCN)C(=O)N[C@H](C(=O)N[C@@H](CC(C)C)C(=O)N[C@@H](Cc1cnc[nH]1)C(=O)N[C@@H](CCCCN)C(=O)N[C@@H](CCCN=C(N)N)C(=O)N[C@H](C(=O)N[C@@H](Cc1ccccc1)C(=O)NCC(=O)N[C@@H](CC(C)C)C(=O)O)[C@@H](C)O)C(C)C. The highest BCUT2D eigenvalue weighted by atomic mass is 16.4. The van der Waals surface area contributed by atoms with E-state index in [1.807, 2.05) is 27.7 Å². The fraction of sp³-hybridized carbons (Fsp3) is 0.685. The third-order valence-electron chi connectivity index (χ3n) is 18.4. The van der Waals surface area contributed by atoms with Crippen molar-refractivity contribution >= 4 is 82.8 Å². The first kappa shape index (κ1) is 92.9. The van der Waals surface area contributed by atoms with Gasteiger partial charge in [0.05, 0.1) is 25.0 Å². The van der Waals surface area contributed by atoms with Crippen molar-refractivity contribution in [3.8, 4) is 0 Å². The normalized spacial score (nSPS) is 16.4. The molecular formula is C73H124N20O15. The van der Waals surface area contributed by atoms with Crippen molar-refractivity contribution in [1.82, 2.24) is 73.4 Å². The predicted molar refractivity (Wildman–Crippen MR) is 405 cm³/mol. The van der Waals surface area contributed by atoms with Crippen LogP contribution >= 0.6 is 0 Å². The van der Waals surface area contributed by atoms with Crippen LogP contribution in [0.25, 0.3) is 0 Å². The van der Waals surface area contributed by atoms with Crippen LogP contribution in [0.1, 0.15) is 177 Å². The van der Waals surface area contributed by atoms with Crippen LogP contribution in [0.3, 0.4) is 0 Å². The number of nitrogens with two attached hydrogens (primary N) is 5. The maximum Gasteiger partial charge on any atom is 0.326 e. The number of imidazole rings is 1. The van der Waals surface area contributed by atoms with Gasteiger partial charge in [-0.05, 0) is 139 Å². The molecule has 2 aromatic rings. The Labute approximate surface area is 633 Å². The van der Waals surface area contributed by atoms with Gasteiger partial charge in [0.25, 0.3) is 0 Å². The van der Waals surface area contributed by atoms with Crippen LogP contribution in [0.5, 0.6) is 0 Å². The van der Waals surface area contributed by atoms with Crippen molar-refractivity contribution in [1.29, 1.82) is 0 Å². The first-order valence-corrected chi connectivity index (χ1v) is 37.8. The zero-order valence-electron chi connectivity index (χ0n) is 64.7. The molecule has 0 bridgehead atoms. The highest BCUT2D eigenvalue weighted by Gasteiger charge is 2.42. The number of carboxylic acids is 1. The van der Waals surface area contributed by atoms with E-state index in [1.54, 1.807) is 71.9 Å². The zero-order valence-corrected chi connectivity index (χ0v) is 64.7. The summed E-state index contributed by atoms with van der Waals surface area (Å²) in [4.78, 5) is 195. The van der Waals surface area contributed by atoms with Gasteiger partial charge in [-0.25, -0.2) is 9.78 Å². The summed E-state index contributed by atoms with van der Waals surface area (Å²) in [5.41, 5.74) is 30.1. The summed E-state index contributed by atoms with van der Waals surface area (Å²) in [6.07, 6.45) is 3.92. The molecule has 12 amide bonds. The van der Waals surface area contributed by atoms with Gasteiger partial charge in [-0.3, -0.25) is 62.5 Å². The number of hydrogen-bond donors (Lipinski definition) is 19. The fourth-order valence-corrected chi connectivity index (χ4v) is 12.1. The Kier molecular flexibility index (Phi) is 41.4. The second-order valence-corrected chi connectivity index (χ2v) is 29.5. The van der Waals surface area contributed by atoms with Gasteiger partial charge in [0.1, 0.15) is 66.5 Å². The highest BCUT2D eigenvalue weighted by molar-refractivity contribution is 6.00. The average Bonchev–Trinajstić information content (AvgIpc) is 1.56. The maximum absolute atomic E-state index is 14.8. The van der Waals surface area contributed by atoms with Crippen LogP contribution < -0.4 is 87.2 Å². The number of carbonyl (C=O) groups excluding carboxylic acids is 12. The number of guanidine groups is 1. The first-order valence-electron chi connectivity index (χ1n) is 37.8. The van der Waals surface area contributed by atoms with Gasteiger partial charge in [-0.15, -0.1) is 0 Å². The van der Waals surface area contributed by atoms with E-state index in [2.05, 4.69) is 73.4 Å². The van der Waals surface area contributed by atoms with Gasteiger partial charge in [0.15, 0.2) is 5.96 Å². The van der Waals surface area contributed by atoms with E-state index in [0.29, 0.717) is 43.4 Å². The smallest absolute Gasteiger partial charge is 0.326 e. The fourth-order valence-electron chi connectivity index (χ4n) is 12.1. The summed E-state index contributed by atoms with van der Waals surface area (Å²) in [5.74, 6) is -12.1. The van der Waals surface area contributed by atoms with Crippen molar-refractivity contribution in [2.75, 3.05) is 32.7 Å². The number of hydrogen-bond acceptors (Lipinski definition) is 19. The van der Waals surface area contributed by atoms with E-state index in [1.165, 1.54) is 24.3 Å². The average molecular weight is 1520 g/mol. The van der Waals surface area contributed by atoms with E-state index in [9.17, 15) is 72.5 Å². The van der Waals surface area contributed by atoms with Gasteiger partial charge >= 0.3 is 5.97 Å². The van der Waals surface area contributed by atoms with Crippen molar-refractivity contribution in [3.05, 3.63) is 54.1 Å². The second kappa shape index (κ2) is 48.1. The third kappa shape index (κ3) is 33.0. The van der Waals surface area contributed by atoms with Crippen molar-refractivity contribution < 1.29 is 72.5 Å². The molecule has 2 heterocycles. The van der Waals surface area contributed by atoms with E-state index < -0.39 is 168 Å². The molecule has 1 aromatic heterocycles. The number of H-pyrrole nitrogens is 1. The van der Waals surface area contributed by atoms with Crippen molar-refractivity contribution in [2.24, 2.45) is 63.3 Å². The van der Waals surface area contributed by atoms with Gasteiger partial charge in [-0.1, -0.05) is 106 Å². The molecule has 1 aliphatic heterocycles. The van der Waals surface area contributed by atoms with Crippen LogP contribution in [0, 0.1) is 29.6 Å². The number of nitrogens with zero attached hydrogens (tertiary/aromatic N) is 3. The predicted octanol–water partition coefficient (Wildman–Crippen LogP) is -1.91. The summed E-state index contributed by atoms with van der Waals surface area (Å²) in [5, 5.41) is 50.0. The molecular weight excluding hydrogens is 1400 g/mol. The molecule has 1 aromatic carbocycles. The lowest BCUT2D eigenvalue weighted by Crippen LogP contribution is -2.62. The van der Waals surface area contributed by atoms with Gasteiger partial charge < -0.3 is 107 Å². The number of aliphatic imine (C=N–C) groups is 1. The Morgan fingerprint density at radius 2 is 1.05 bits per heavy atom. The lowest BCUT2D eigenvalue weighted by Gasteiger charge is -2.32. The largest absolute Gasteiger partial charge is 0.480 e. The minimum absolute atomic E-state index is 0.0180. The summed E-state index contributed by atoms with van der Waals surface area (Å²) in [7, 11) is 0. The van der Waals surface area contributed by atoms with E-state index in [-0.39, 0.29) is 126 Å². The topological polar surface area (TPSA) is 569 Å². The zero-order chi connectivity index (χ0) is 80.9. The molecule has 3 rings (SSSR count). The van der Waals surface area contributed by atoms with Gasteiger partial charge in [0.2, 0.25) is 70.9 Å². The number of aromatic nitrogens is 2. The number of benzene rings is 1. The number of aliphatic hydroxyl groups is 1. The molecule has 0 aliphatic carbocycles. The third-order valence-corrected chi connectivity index (χ3v) is 18.4. The number of carbonyl (C=O) groups is 13. The molecule has 0 unspecified atom stereocenters. The molecule has 108 heavy (non-hydrogen) atoms. The Hall–Kier alpha value is -9.35. The van der Waals surface area contributed by atoms with E-state index in [0.717, 1.165) is 0 Å². The van der Waals surface area contributed by atoms with Crippen molar-refractivity contribution in [2.45, 2.75) is 258 Å². The van der Waals surface area contributed by atoms with Crippen LogP contribution in [0.15, 0.2) is 47.8 Å². The Morgan fingerprint density at radius 1 is 0.565 bits per heavy atom. The number of amides is 12. The Bertz CT molecular complexity index is 3240. The number of aliphatic carboxylic acids is 1. The number of aromatic amines is 1. The summed E-state index contributed by atoms with van der Waals surface area (Å²) in [6, 6.07) is -7.18. The molecule has 35 nitrogen and oxygen atoms in total. The number of likely N-dealkylation sites (tertiary alicyclic amines) is 1. The quantitative estimate of drug-likeness (QED) is 0.0195. The van der Waals surface area contributed by atoms with E-state index in [4.69, 9.17) is 28.7 Å². The molecule has 0 radical (unpaired) electrons. The van der Waals surface area contributed by atoms with Crippen LogP contribution in [-0.2, 0) is 75.2 Å². The molecule has 35 heteroatoms. The Morgan fingerprint density at radius 3 is 1.57 bits per heavy atom. The lowest BCUT2D eigenvalue weighted by atomic mass is 9.97. The number of carboxylic acid groups (broad SMARTS) is 1. The Balaban J connectivity index is 1.95. The molecule has 14 atom stereocenters. The first-order chi connectivity index (χ1) is 51.0. The number of aliphatic hydroxyl groups excluding tert-OH is 1. The standard InChI is InChI=1S/C73H124N20O15/c1-12-44(10)58(76)68(103)90-54(33-41(4)5)71(106)93-31-21-27-56(93)67(102)86-49(25-17-19-29-75)63(98)91-59(43(8)9)69(104)88-51(32-40(2)3)65(100)87-53(36-47-37-79-39-82-47)66(101)85-48(24-16-18-28-74)62(97)84-50(26-20-30-80-73(77)78)64(99)92-60(45(11)94)70(105)89-52(35-46-22-14-13-15-23-46)61(96)81-38-57(95)83-55(72(107)108)34-42(6)7/h13-15,22-23,37,39-45,48-56,58-60,94H,12,16-21,24-36,38,74-76H2,1-11H3,(H,79,82)(H,81,96)(H,83,95)(H,84,97)(H,85,101)(H,86,102)(H,87,100)(H,88,104)(H,89,105)(H,90,103)(H,91,98)(H,92,99)(H,107,108)(H4,77,78,80)/t44-,45+,48-,49-,50-,51-,52-,53-,54-,55-,56-,58-,59-,60-/m0/s1. The summed E-state index contributed by atoms with van der Waals surface area (Å²) < 4.78 is 0. The summed E-state index contributed by atoms with van der Waals surface area (Å²) in [6.45, 7) is 19.2. The monoisotopic (exact) mass is 1520 g/mol. The second-order valence-electron chi connectivity index (χ2n) is 29.5. The number of rotatable bonds is 50. The van der Waals surface area contributed by atoms with Crippen LogP contribution in [0.4, 0.5) is 0 Å². The molecule has 1 fully saturated rings. The number of nitrogens with one attached hydrogen (secondary N) is 12. The maximum atomic E-state index is 14.8. The molecule has 0 spiro atoms. The van der Waals surface area contributed by atoms with Crippen LogP contribution in [-0.4, -0.2) is 219 Å². The van der Waals surface area contributed by atoms with Gasteiger partial charge in [0, 0.05) is 37.8 Å². The minimum atomic E-state index is -1.79. The molecule has 0 saturated carbocycles. The van der Waals surface area contributed by atoms with Crippen molar-refractivity contribution in [3.63, 3.8) is 0 Å². The number of unbranched alkanes of at least 4 members (excludes halogenated alkanes) is 2. The minimum Gasteiger partial charge on any atom is -0.480 e. The molecule has 24 N–H and O–H groups in total. The molecule has 1 saturated heterocycles. The van der Waals surface area contributed by atoms with Crippen LogP contribution in [0.2, 0.25) is 0 Å². The van der Waals surface area contributed by atoms with Gasteiger partial charge in [-0.2, -0.15) is 0 Å². The molecule has 1 aliphatic rings. The lowest BCUT2D eigenvalue weighted by molar-refractivity contribution is -0.143. The molecule has 606 valence electrons. The summed E-state index contributed by atoms with van der Waals surface area (Å²) >= 11 is 0. The van der Waals surface area contributed by atoms with E-state index >= 15 is 0 Å². The highest BCUT2D eigenvalue weighted by Crippen LogP contribution is 2.23.